The summed E-state index contributed by atoms with van der Waals surface area (Å²) in [5.74, 6) is 0.565. The van der Waals surface area contributed by atoms with Gasteiger partial charge in [0.25, 0.3) is 0 Å². The lowest BCUT2D eigenvalue weighted by molar-refractivity contribution is 0.321. The molecular weight excluding hydrogens is 293 g/mol. The molecule has 0 amide bonds. The van der Waals surface area contributed by atoms with Crippen molar-refractivity contribution in [1.29, 1.82) is 0 Å². The summed E-state index contributed by atoms with van der Waals surface area (Å²) in [6, 6.07) is 5.69. The summed E-state index contributed by atoms with van der Waals surface area (Å²) >= 11 is 3.46. The SMILES string of the molecule is CC1CCCCC1N(C)c1ccc(F)cc1CBr. The number of hydrogen-bond acceptors (Lipinski definition) is 1. The number of rotatable bonds is 3. The van der Waals surface area contributed by atoms with Crippen LogP contribution in [0.1, 0.15) is 38.2 Å². The molecule has 1 saturated carbocycles. The fraction of sp³-hybridized carbons (Fsp3) is 0.600. The lowest BCUT2D eigenvalue weighted by Gasteiger charge is -2.38. The van der Waals surface area contributed by atoms with Crippen molar-refractivity contribution in [1.82, 2.24) is 0 Å². The average Bonchev–Trinajstić information content (AvgIpc) is 2.38. The number of benzene rings is 1. The maximum Gasteiger partial charge on any atom is 0.123 e. The molecule has 0 N–H and O–H groups in total. The van der Waals surface area contributed by atoms with Crippen LogP contribution in [-0.4, -0.2) is 13.1 Å². The Morgan fingerprint density at radius 3 is 2.72 bits per heavy atom. The Bertz CT molecular complexity index is 407. The van der Waals surface area contributed by atoms with Crippen LogP contribution >= 0.6 is 15.9 Å². The summed E-state index contributed by atoms with van der Waals surface area (Å²) in [7, 11) is 2.14. The monoisotopic (exact) mass is 313 g/mol. The van der Waals surface area contributed by atoms with E-state index in [0.717, 1.165) is 17.2 Å². The van der Waals surface area contributed by atoms with Gasteiger partial charge >= 0.3 is 0 Å². The predicted octanol–water partition coefficient (Wildman–Crippen LogP) is 4.74. The average molecular weight is 314 g/mol. The first-order valence-electron chi connectivity index (χ1n) is 6.70. The Morgan fingerprint density at radius 2 is 2.06 bits per heavy atom. The molecule has 18 heavy (non-hydrogen) atoms. The second kappa shape index (κ2) is 6.05. The van der Waals surface area contributed by atoms with E-state index in [1.807, 2.05) is 6.07 Å². The van der Waals surface area contributed by atoms with Crippen LogP contribution in [0.4, 0.5) is 10.1 Å². The first-order chi connectivity index (χ1) is 8.63. The van der Waals surface area contributed by atoms with E-state index in [2.05, 4.69) is 34.8 Å². The van der Waals surface area contributed by atoms with Gasteiger partial charge in [-0.25, -0.2) is 4.39 Å². The molecule has 0 aromatic heterocycles. The molecule has 1 aliphatic rings. The van der Waals surface area contributed by atoms with E-state index in [0.29, 0.717) is 11.4 Å². The van der Waals surface area contributed by atoms with Crippen molar-refractivity contribution in [2.45, 2.75) is 44.0 Å². The van der Waals surface area contributed by atoms with Crippen LogP contribution < -0.4 is 4.90 Å². The maximum absolute atomic E-state index is 13.3. The van der Waals surface area contributed by atoms with Gasteiger partial charge in [-0.1, -0.05) is 35.7 Å². The van der Waals surface area contributed by atoms with E-state index >= 15 is 0 Å². The molecule has 1 nitrogen and oxygen atoms in total. The van der Waals surface area contributed by atoms with Crippen LogP contribution in [0.5, 0.6) is 0 Å². The third kappa shape index (κ3) is 2.87. The molecule has 0 heterocycles. The van der Waals surface area contributed by atoms with Crippen molar-refractivity contribution in [3.05, 3.63) is 29.6 Å². The fourth-order valence-electron chi connectivity index (χ4n) is 3.06. The zero-order chi connectivity index (χ0) is 13.1. The molecule has 0 saturated heterocycles. The Balaban J connectivity index is 2.24. The maximum atomic E-state index is 13.3. The second-order valence-corrected chi connectivity index (χ2v) is 5.91. The summed E-state index contributed by atoms with van der Waals surface area (Å²) in [4.78, 5) is 2.35. The highest BCUT2D eigenvalue weighted by Gasteiger charge is 2.26. The van der Waals surface area contributed by atoms with Gasteiger partial charge in [0, 0.05) is 24.1 Å². The van der Waals surface area contributed by atoms with Crippen molar-refractivity contribution >= 4 is 21.6 Å². The molecule has 1 aliphatic carbocycles. The number of anilines is 1. The molecule has 2 unspecified atom stereocenters. The Hall–Kier alpha value is -0.570. The smallest absolute Gasteiger partial charge is 0.123 e. The quantitative estimate of drug-likeness (QED) is 0.729. The molecule has 1 aromatic carbocycles. The molecule has 0 bridgehead atoms. The molecule has 2 rings (SSSR count). The summed E-state index contributed by atoms with van der Waals surface area (Å²) in [5.41, 5.74) is 2.20. The first kappa shape index (κ1) is 13.9. The summed E-state index contributed by atoms with van der Waals surface area (Å²) in [6.07, 6.45) is 5.21. The third-order valence-electron chi connectivity index (χ3n) is 4.13. The number of halogens is 2. The zero-order valence-corrected chi connectivity index (χ0v) is 12.7. The molecule has 2 atom stereocenters. The predicted molar refractivity (Wildman–Crippen MR) is 78.9 cm³/mol. The highest BCUT2D eigenvalue weighted by molar-refractivity contribution is 9.08. The Labute approximate surface area is 118 Å². The van der Waals surface area contributed by atoms with E-state index in [1.165, 1.54) is 25.7 Å². The van der Waals surface area contributed by atoms with Gasteiger partial charge in [0.15, 0.2) is 0 Å². The van der Waals surface area contributed by atoms with Crippen molar-refractivity contribution < 1.29 is 4.39 Å². The van der Waals surface area contributed by atoms with Crippen LogP contribution in [0.3, 0.4) is 0 Å². The molecule has 3 heteroatoms. The van der Waals surface area contributed by atoms with Gasteiger partial charge in [-0.05, 0) is 42.5 Å². The highest BCUT2D eigenvalue weighted by atomic mass is 79.9. The van der Waals surface area contributed by atoms with Gasteiger partial charge in [-0.2, -0.15) is 0 Å². The van der Waals surface area contributed by atoms with Gasteiger partial charge < -0.3 is 4.90 Å². The summed E-state index contributed by atoms with van der Waals surface area (Å²) in [6.45, 7) is 2.33. The molecule has 1 fully saturated rings. The van der Waals surface area contributed by atoms with E-state index in [-0.39, 0.29) is 5.82 Å². The molecular formula is C15H21BrFN. The normalized spacial score (nSPS) is 24.0. The van der Waals surface area contributed by atoms with Crippen LogP contribution in [-0.2, 0) is 5.33 Å². The fourth-order valence-corrected chi connectivity index (χ4v) is 3.51. The van der Waals surface area contributed by atoms with Crippen molar-refractivity contribution in [3.8, 4) is 0 Å². The molecule has 1 aromatic rings. The van der Waals surface area contributed by atoms with Gasteiger partial charge in [0.1, 0.15) is 5.82 Å². The van der Waals surface area contributed by atoms with Gasteiger partial charge in [0.2, 0.25) is 0 Å². The molecule has 100 valence electrons. The Kier molecular flexibility index (Phi) is 4.66. The van der Waals surface area contributed by atoms with Gasteiger partial charge in [0.05, 0.1) is 0 Å². The largest absolute Gasteiger partial charge is 0.371 e. The van der Waals surface area contributed by atoms with Crippen LogP contribution in [0, 0.1) is 11.7 Å². The van der Waals surface area contributed by atoms with Crippen LogP contribution in [0.2, 0.25) is 0 Å². The van der Waals surface area contributed by atoms with E-state index in [9.17, 15) is 4.39 Å². The summed E-state index contributed by atoms with van der Waals surface area (Å²) < 4.78 is 13.3. The molecule has 0 aliphatic heterocycles. The van der Waals surface area contributed by atoms with E-state index in [1.54, 1.807) is 12.1 Å². The number of alkyl halides is 1. The lowest BCUT2D eigenvalue weighted by atomic mass is 9.84. The van der Waals surface area contributed by atoms with E-state index < -0.39 is 0 Å². The zero-order valence-electron chi connectivity index (χ0n) is 11.1. The second-order valence-electron chi connectivity index (χ2n) is 5.35. The highest BCUT2D eigenvalue weighted by Crippen LogP contribution is 2.32. The summed E-state index contributed by atoms with van der Waals surface area (Å²) in [5, 5.41) is 0.700. The van der Waals surface area contributed by atoms with Crippen molar-refractivity contribution in [2.24, 2.45) is 5.92 Å². The molecule has 0 spiro atoms. The van der Waals surface area contributed by atoms with Gasteiger partial charge in [-0.3, -0.25) is 0 Å². The third-order valence-corrected chi connectivity index (χ3v) is 4.73. The topological polar surface area (TPSA) is 3.24 Å². The Morgan fingerprint density at radius 1 is 1.33 bits per heavy atom. The number of nitrogens with zero attached hydrogens (tertiary/aromatic N) is 1. The lowest BCUT2D eigenvalue weighted by Crippen LogP contribution is -2.39. The van der Waals surface area contributed by atoms with Crippen molar-refractivity contribution in [3.63, 3.8) is 0 Å². The number of hydrogen-bond donors (Lipinski definition) is 0. The van der Waals surface area contributed by atoms with E-state index in [4.69, 9.17) is 0 Å². The minimum atomic E-state index is -0.154. The standard InChI is InChI=1S/C15H21BrFN/c1-11-5-3-4-6-14(11)18(2)15-8-7-13(17)9-12(15)10-16/h7-9,11,14H,3-6,10H2,1-2H3. The minimum Gasteiger partial charge on any atom is -0.371 e. The minimum absolute atomic E-state index is 0.154. The van der Waals surface area contributed by atoms with Gasteiger partial charge in [-0.15, -0.1) is 0 Å². The molecule has 0 radical (unpaired) electrons. The van der Waals surface area contributed by atoms with Crippen molar-refractivity contribution in [2.75, 3.05) is 11.9 Å². The first-order valence-corrected chi connectivity index (χ1v) is 7.83. The van der Waals surface area contributed by atoms with Crippen LogP contribution in [0.25, 0.3) is 0 Å². The van der Waals surface area contributed by atoms with Crippen LogP contribution in [0.15, 0.2) is 18.2 Å².